The summed E-state index contributed by atoms with van der Waals surface area (Å²) in [7, 11) is 0. The average molecular weight is 492 g/mol. The lowest BCUT2D eigenvalue weighted by Gasteiger charge is -2.12. The summed E-state index contributed by atoms with van der Waals surface area (Å²) in [6.45, 7) is 0.392. The molecule has 0 bridgehead atoms. The van der Waals surface area contributed by atoms with Crippen molar-refractivity contribution < 1.29 is 18.0 Å². The average Bonchev–Trinajstić information content (AvgIpc) is 3.09. The van der Waals surface area contributed by atoms with Crippen LogP contribution in [0, 0.1) is 0 Å². The standard InChI is InChI=1S/C21H17BrF3N5O/c22-16-11-27-20(28-15-4-5-17-13(9-15)10-18(31)29-17)30-19(16)26-7-6-12-2-1-3-14(8-12)21(23,24)25/h1-5,8-9,11H,6-7,10H2,(H,29,31)(H2,26,27,28,30). The molecule has 0 spiro atoms. The van der Waals surface area contributed by atoms with Crippen molar-refractivity contribution in [2.75, 3.05) is 22.5 Å². The highest BCUT2D eigenvalue weighted by atomic mass is 79.9. The monoisotopic (exact) mass is 491 g/mol. The lowest BCUT2D eigenvalue weighted by molar-refractivity contribution is -0.137. The van der Waals surface area contributed by atoms with E-state index in [2.05, 4.69) is 41.8 Å². The number of nitrogens with zero attached hydrogens (tertiary/aromatic N) is 2. The Morgan fingerprint density at radius 1 is 1.16 bits per heavy atom. The Morgan fingerprint density at radius 3 is 2.81 bits per heavy atom. The van der Waals surface area contributed by atoms with Gasteiger partial charge in [0, 0.05) is 24.1 Å². The van der Waals surface area contributed by atoms with Gasteiger partial charge in [0.2, 0.25) is 11.9 Å². The Morgan fingerprint density at radius 2 is 2.00 bits per heavy atom. The van der Waals surface area contributed by atoms with E-state index in [1.165, 1.54) is 6.07 Å². The molecule has 2 heterocycles. The zero-order valence-electron chi connectivity index (χ0n) is 16.1. The van der Waals surface area contributed by atoms with Crippen LogP contribution in [-0.2, 0) is 23.8 Å². The molecule has 1 aliphatic rings. The van der Waals surface area contributed by atoms with Crippen LogP contribution in [0.2, 0.25) is 0 Å². The minimum atomic E-state index is -4.36. The van der Waals surface area contributed by atoms with Gasteiger partial charge in [0.25, 0.3) is 0 Å². The van der Waals surface area contributed by atoms with Crippen LogP contribution in [0.3, 0.4) is 0 Å². The van der Waals surface area contributed by atoms with E-state index in [1.54, 1.807) is 12.3 Å². The second kappa shape index (κ2) is 8.54. The van der Waals surface area contributed by atoms with E-state index >= 15 is 0 Å². The lowest BCUT2D eigenvalue weighted by atomic mass is 10.1. The molecule has 10 heteroatoms. The van der Waals surface area contributed by atoms with Crippen molar-refractivity contribution in [2.45, 2.75) is 19.0 Å². The van der Waals surface area contributed by atoms with Gasteiger partial charge in [0.05, 0.1) is 16.5 Å². The van der Waals surface area contributed by atoms with Gasteiger partial charge in [0.1, 0.15) is 5.82 Å². The first-order valence-corrected chi connectivity index (χ1v) is 10.2. The molecule has 6 nitrogen and oxygen atoms in total. The zero-order chi connectivity index (χ0) is 22.0. The summed E-state index contributed by atoms with van der Waals surface area (Å²) in [4.78, 5) is 20.1. The molecular formula is C21H17BrF3N5O. The van der Waals surface area contributed by atoms with Crippen LogP contribution >= 0.6 is 15.9 Å². The molecule has 1 aliphatic heterocycles. The maximum Gasteiger partial charge on any atom is 0.416 e. The molecule has 4 rings (SSSR count). The summed E-state index contributed by atoms with van der Waals surface area (Å²) < 4.78 is 39.2. The predicted molar refractivity (Wildman–Crippen MR) is 115 cm³/mol. The quantitative estimate of drug-likeness (QED) is 0.444. The second-order valence-corrected chi connectivity index (χ2v) is 7.84. The number of amides is 1. The largest absolute Gasteiger partial charge is 0.416 e. The lowest BCUT2D eigenvalue weighted by Crippen LogP contribution is -2.10. The van der Waals surface area contributed by atoms with Crippen LogP contribution in [0.5, 0.6) is 0 Å². The highest BCUT2D eigenvalue weighted by Gasteiger charge is 2.30. The highest BCUT2D eigenvalue weighted by molar-refractivity contribution is 9.10. The van der Waals surface area contributed by atoms with Gasteiger partial charge in [-0.05, 0) is 57.7 Å². The number of hydrogen-bond donors (Lipinski definition) is 3. The van der Waals surface area contributed by atoms with Crippen LogP contribution in [0.4, 0.5) is 36.3 Å². The first-order chi connectivity index (χ1) is 14.8. The van der Waals surface area contributed by atoms with Crippen LogP contribution in [0.1, 0.15) is 16.7 Å². The van der Waals surface area contributed by atoms with Gasteiger partial charge in [0.15, 0.2) is 0 Å². The molecule has 0 saturated heterocycles. The Kier molecular flexibility index (Phi) is 5.81. The van der Waals surface area contributed by atoms with Crippen molar-refractivity contribution in [3.63, 3.8) is 0 Å². The van der Waals surface area contributed by atoms with Crippen LogP contribution in [-0.4, -0.2) is 22.4 Å². The fourth-order valence-electron chi connectivity index (χ4n) is 3.22. The number of halogens is 4. The minimum absolute atomic E-state index is 0.0423. The molecule has 0 atom stereocenters. The van der Waals surface area contributed by atoms with Gasteiger partial charge in [-0.25, -0.2) is 4.98 Å². The van der Waals surface area contributed by atoms with E-state index in [4.69, 9.17) is 0 Å². The first kappa shape index (κ1) is 21.1. The molecule has 1 aromatic heterocycles. The third kappa shape index (κ3) is 5.13. The molecule has 3 aromatic rings. The summed E-state index contributed by atoms with van der Waals surface area (Å²) in [6.07, 6.45) is -2.05. The number of hydrogen-bond acceptors (Lipinski definition) is 5. The van der Waals surface area contributed by atoms with E-state index in [0.29, 0.717) is 41.2 Å². The fourth-order valence-corrected chi connectivity index (χ4v) is 3.55. The van der Waals surface area contributed by atoms with E-state index in [1.807, 2.05) is 18.2 Å². The number of aromatic nitrogens is 2. The van der Waals surface area contributed by atoms with E-state index in [0.717, 1.165) is 29.1 Å². The van der Waals surface area contributed by atoms with Crippen LogP contribution in [0.25, 0.3) is 0 Å². The van der Waals surface area contributed by atoms with Crippen molar-refractivity contribution in [1.29, 1.82) is 0 Å². The van der Waals surface area contributed by atoms with Gasteiger partial charge in [-0.3, -0.25) is 4.79 Å². The van der Waals surface area contributed by atoms with Gasteiger partial charge in [-0.2, -0.15) is 18.2 Å². The molecule has 0 radical (unpaired) electrons. The number of nitrogens with one attached hydrogen (secondary N) is 3. The number of carbonyl (C=O) groups is 1. The smallest absolute Gasteiger partial charge is 0.369 e. The van der Waals surface area contributed by atoms with Crippen molar-refractivity contribution in [1.82, 2.24) is 9.97 Å². The molecule has 3 N–H and O–H groups in total. The molecule has 0 saturated carbocycles. The normalized spacial score (nSPS) is 13.0. The number of benzene rings is 2. The fraction of sp³-hybridized carbons (Fsp3) is 0.190. The Labute approximate surface area is 184 Å². The summed E-state index contributed by atoms with van der Waals surface area (Å²) in [5.41, 5.74) is 2.35. The Hall–Kier alpha value is -3.14. The number of carbonyl (C=O) groups excluding carboxylic acids is 1. The molecular weight excluding hydrogens is 475 g/mol. The number of alkyl halides is 3. The van der Waals surface area contributed by atoms with Crippen molar-refractivity contribution >= 4 is 45.0 Å². The summed E-state index contributed by atoms with van der Waals surface area (Å²) in [5.74, 6) is 0.823. The molecule has 31 heavy (non-hydrogen) atoms. The molecule has 2 aromatic carbocycles. The Bertz CT molecular complexity index is 1140. The number of rotatable bonds is 6. The highest BCUT2D eigenvalue weighted by Crippen LogP contribution is 2.30. The minimum Gasteiger partial charge on any atom is -0.369 e. The molecule has 0 unspecified atom stereocenters. The van der Waals surface area contributed by atoms with Gasteiger partial charge in [-0.1, -0.05) is 18.2 Å². The summed E-state index contributed by atoms with van der Waals surface area (Å²) in [6, 6.07) is 10.8. The number of anilines is 4. The number of fused-ring (bicyclic) bond motifs is 1. The first-order valence-electron chi connectivity index (χ1n) is 9.40. The second-order valence-electron chi connectivity index (χ2n) is 6.99. The van der Waals surface area contributed by atoms with Crippen molar-refractivity contribution in [2.24, 2.45) is 0 Å². The van der Waals surface area contributed by atoms with Gasteiger partial charge >= 0.3 is 6.18 Å². The van der Waals surface area contributed by atoms with E-state index in [9.17, 15) is 18.0 Å². The molecule has 160 valence electrons. The topological polar surface area (TPSA) is 78.9 Å². The molecule has 1 amide bonds. The third-order valence-corrected chi connectivity index (χ3v) is 5.27. The van der Waals surface area contributed by atoms with Crippen molar-refractivity contribution in [3.8, 4) is 0 Å². The van der Waals surface area contributed by atoms with E-state index in [-0.39, 0.29) is 5.91 Å². The maximum atomic E-state index is 12.9. The van der Waals surface area contributed by atoms with Gasteiger partial charge in [-0.15, -0.1) is 0 Å². The van der Waals surface area contributed by atoms with E-state index < -0.39 is 11.7 Å². The third-order valence-electron chi connectivity index (χ3n) is 4.69. The zero-order valence-corrected chi connectivity index (χ0v) is 17.6. The molecule has 0 fully saturated rings. The molecule has 0 aliphatic carbocycles. The Balaban J connectivity index is 1.41. The predicted octanol–water partition coefficient (Wildman–Crippen LogP) is 5.15. The van der Waals surface area contributed by atoms with Gasteiger partial charge < -0.3 is 16.0 Å². The van der Waals surface area contributed by atoms with Crippen LogP contribution in [0.15, 0.2) is 53.1 Å². The maximum absolute atomic E-state index is 12.9. The van der Waals surface area contributed by atoms with Crippen LogP contribution < -0.4 is 16.0 Å². The SMILES string of the molecule is O=C1Cc2cc(Nc3ncc(Br)c(NCCc4cccc(C(F)(F)F)c4)n3)ccc2N1. The van der Waals surface area contributed by atoms with Crippen molar-refractivity contribution in [3.05, 3.63) is 69.8 Å². The summed E-state index contributed by atoms with van der Waals surface area (Å²) in [5, 5.41) is 9.00. The summed E-state index contributed by atoms with van der Waals surface area (Å²) >= 11 is 3.38.